The predicted octanol–water partition coefficient (Wildman–Crippen LogP) is 4.35. The predicted molar refractivity (Wildman–Crippen MR) is 106 cm³/mol. The minimum atomic E-state index is -0.629. The van der Waals surface area contributed by atoms with Crippen molar-refractivity contribution in [1.29, 1.82) is 0 Å². The van der Waals surface area contributed by atoms with Gasteiger partial charge in [0.25, 0.3) is 5.69 Å². The van der Waals surface area contributed by atoms with Gasteiger partial charge in [0.2, 0.25) is 0 Å². The van der Waals surface area contributed by atoms with Crippen molar-refractivity contribution < 1.29 is 23.9 Å². The highest BCUT2D eigenvalue weighted by molar-refractivity contribution is 5.76. The summed E-state index contributed by atoms with van der Waals surface area (Å²) >= 11 is 0. The number of Topliss-reactive ketones (excluding diaryl/α,β-unsaturated/α-hetero) is 1. The zero-order valence-corrected chi connectivity index (χ0v) is 16.4. The lowest BCUT2D eigenvalue weighted by atomic mass is 10.0. The maximum atomic E-state index is 11.6. The molecule has 7 heteroatoms. The normalized spacial score (nSPS) is 21.2. The third kappa shape index (κ3) is 6.19. The van der Waals surface area contributed by atoms with Crippen molar-refractivity contribution in [3.05, 3.63) is 75.8 Å². The zero-order chi connectivity index (χ0) is 20.6. The Bertz CT molecular complexity index is 808. The minimum Gasteiger partial charge on any atom is -0.377 e. The molecule has 0 aromatic heterocycles. The third-order valence-corrected chi connectivity index (χ3v) is 4.77. The highest BCUT2D eigenvalue weighted by Gasteiger charge is 2.37. The van der Waals surface area contributed by atoms with Crippen LogP contribution in [0.3, 0.4) is 0 Å². The molecule has 0 radical (unpaired) electrons. The van der Waals surface area contributed by atoms with Crippen molar-refractivity contribution in [2.45, 2.75) is 51.3 Å². The molecule has 2 aromatic rings. The van der Waals surface area contributed by atoms with Crippen LogP contribution in [0.15, 0.2) is 54.6 Å². The number of ketones is 1. The summed E-state index contributed by atoms with van der Waals surface area (Å²) in [4.78, 5) is 22.0. The number of rotatable bonds is 10. The van der Waals surface area contributed by atoms with Crippen LogP contribution in [0, 0.1) is 10.1 Å². The third-order valence-electron chi connectivity index (χ3n) is 4.77. The number of carbonyl (C=O) groups is 1. The second-order valence-electron chi connectivity index (χ2n) is 7.12. The van der Waals surface area contributed by atoms with Gasteiger partial charge in [0, 0.05) is 30.7 Å². The summed E-state index contributed by atoms with van der Waals surface area (Å²) in [5, 5.41) is 10.8. The molecule has 3 atom stereocenters. The monoisotopic (exact) mass is 399 g/mol. The van der Waals surface area contributed by atoms with Crippen LogP contribution in [0.5, 0.6) is 0 Å². The Labute approximate surface area is 169 Å². The Kier molecular flexibility index (Phi) is 7.46. The number of nitro benzene ring substituents is 1. The van der Waals surface area contributed by atoms with Gasteiger partial charge >= 0.3 is 0 Å². The Morgan fingerprint density at radius 1 is 1.07 bits per heavy atom. The lowest BCUT2D eigenvalue weighted by Gasteiger charge is -2.15. The fraction of sp³-hybridized carbons (Fsp3) is 0.409. The van der Waals surface area contributed by atoms with E-state index in [9.17, 15) is 14.9 Å². The maximum absolute atomic E-state index is 11.6. The molecule has 0 spiro atoms. The van der Waals surface area contributed by atoms with Crippen LogP contribution in [0.25, 0.3) is 0 Å². The van der Waals surface area contributed by atoms with Gasteiger partial charge in [0.1, 0.15) is 5.78 Å². The van der Waals surface area contributed by atoms with Gasteiger partial charge in [-0.15, -0.1) is 0 Å². The van der Waals surface area contributed by atoms with Gasteiger partial charge < -0.3 is 14.2 Å². The number of hydrogen-bond donors (Lipinski definition) is 0. The first-order valence-corrected chi connectivity index (χ1v) is 9.69. The van der Waals surface area contributed by atoms with Crippen LogP contribution in [0.4, 0.5) is 5.69 Å². The smallest absolute Gasteiger partial charge is 0.269 e. The summed E-state index contributed by atoms with van der Waals surface area (Å²) < 4.78 is 17.7. The molecule has 1 saturated heterocycles. The number of non-ortho nitro benzene ring substituents is 1. The quantitative estimate of drug-likeness (QED) is 0.335. The van der Waals surface area contributed by atoms with E-state index < -0.39 is 11.2 Å². The molecular weight excluding hydrogens is 374 g/mol. The fourth-order valence-corrected chi connectivity index (χ4v) is 3.30. The van der Waals surface area contributed by atoms with Crippen LogP contribution in [0.2, 0.25) is 0 Å². The molecule has 3 rings (SSSR count). The highest BCUT2D eigenvalue weighted by Crippen LogP contribution is 2.35. The van der Waals surface area contributed by atoms with E-state index in [1.807, 2.05) is 30.3 Å². The Morgan fingerprint density at radius 3 is 2.41 bits per heavy atom. The summed E-state index contributed by atoms with van der Waals surface area (Å²) in [7, 11) is 0. The molecule has 0 aliphatic carbocycles. The zero-order valence-electron chi connectivity index (χ0n) is 16.4. The summed E-state index contributed by atoms with van der Waals surface area (Å²) in [6.07, 6.45) is 0.578. The number of ether oxygens (including phenoxy) is 3. The van der Waals surface area contributed by atoms with Gasteiger partial charge in [-0.1, -0.05) is 30.3 Å². The van der Waals surface area contributed by atoms with Gasteiger partial charge in [-0.25, -0.2) is 0 Å². The van der Waals surface area contributed by atoms with E-state index >= 15 is 0 Å². The molecule has 1 heterocycles. The van der Waals surface area contributed by atoms with Gasteiger partial charge in [-0.05, 0) is 37.5 Å². The van der Waals surface area contributed by atoms with Crippen molar-refractivity contribution >= 4 is 11.5 Å². The first-order valence-electron chi connectivity index (χ1n) is 9.69. The van der Waals surface area contributed by atoms with Crippen LogP contribution < -0.4 is 0 Å². The molecule has 7 nitrogen and oxygen atoms in total. The first kappa shape index (κ1) is 21.1. The number of benzene rings is 2. The molecule has 0 saturated carbocycles. The Balaban J connectivity index is 1.51. The average Bonchev–Trinajstić information content (AvgIpc) is 3.10. The molecule has 154 valence electrons. The Hall–Kier alpha value is -2.61. The summed E-state index contributed by atoms with van der Waals surface area (Å²) in [5.74, 6) is 0.0354. The first-order chi connectivity index (χ1) is 14.0. The number of nitrogens with zero attached hydrogens (tertiary/aromatic N) is 1. The highest BCUT2D eigenvalue weighted by atomic mass is 16.7. The summed E-state index contributed by atoms with van der Waals surface area (Å²) in [5.41, 5.74) is 1.84. The molecule has 0 N–H and O–H groups in total. The SMILES string of the molecule is CC(=O)C[C@@H]1OC(c2ccc([N+](=O)[O-])cc2)O[C@H]1CCCOCc1ccccc1. The molecule has 0 bridgehead atoms. The molecule has 1 unspecified atom stereocenters. The van der Waals surface area contributed by atoms with Gasteiger partial charge in [0.05, 0.1) is 23.7 Å². The molecule has 0 amide bonds. The number of nitro groups is 1. The van der Waals surface area contributed by atoms with Crippen molar-refractivity contribution in [2.75, 3.05) is 6.61 Å². The van der Waals surface area contributed by atoms with E-state index in [0.717, 1.165) is 12.0 Å². The van der Waals surface area contributed by atoms with Crippen molar-refractivity contribution in [1.82, 2.24) is 0 Å². The van der Waals surface area contributed by atoms with E-state index in [1.165, 1.54) is 19.1 Å². The maximum Gasteiger partial charge on any atom is 0.269 e. The lowest BCUT2D eigenvalue weighted by Crippen LogP contribution is -2.25. The van der Waals surface area contributed by atoms with Gasteiger partial charge in [-0.3, -0.25) is 14.9 Å². The second kappa shape index (κ2) is 10.2. The molecule has 1 fully saturated rings. The van der Waals surface area contributed by atoms with E-state index in [2.05, 4.69) is 0 Å². The van der Waals surface area contributed by atoms with Crippen LogP contribution >= 0.6 is 0 Å². The van der Waals surface area contributed by atoms with Crippen LogP contribution in [-0.4, -0.2) is 29.5 Å². The van der Waals surface area contributed by atoms with Gasteiger partial charge in [0.15, 0.2) is 6.29 Å². The number of carbonyl (C=O) groups excluding carboxylic acids is 1. The molecular formula is C22H25NO6. The fourth-order valence-electron chi connectivity index (χ4n) is 3.30. The van der Waals surface area contributed by atoms with Crippen LogP contribution in [0.1, 0.15) is 43.6 Å². The second-order valence-corrected chi connectivity index (χ2v) is 7.12. The molecule has 1 aliphatic rings. The lowest BCUT2D eigenvalue weighted by molar-refractivity contribution is -0.384. The van der Waals surface area contributed by atoms with Gasteiger partial charge in [-0.2, -0.15) is 0 Å². The van der Waals surface area contributed by atoms with Crippen molar-refractivity contribution in [3.63, 3.8) is 0 Å². The molecule has 1 aliphatic heterocycles. The average molecular weight is 399 g/mol. The number of hydrogen-bond acceptors (Lipinski definition) is 6. The Morgan fingerprint density at radius 2 is 1.76 bits per heavy atom. The largest absolute Gasteiger partial charge is 0.377 e. The topological polar surface area (TPSA) is 87.9 Å². The van der Waals surface area contributed by atoms with E-state index in [1.54, 1.807) is 12.1 Å². The van der Waals surface area contributed by atoms with Crippen LogP contribution in [-0.2, 0) is 25.6 Å². The minimum absolute atomic E-state index is 0.0131. The van der Waals surface area contributed by atoms with E-state index in [0.29, 0.717) is 25.2 Å². The van der Waals surface area contributed by atoms with Crippen molar-refractivity contribution in [3.8, 4) is 0 Å². The van der Waals surface area contributed by atoms with E-state index in [-0.39, 0.29) is 30.1 Å². The van der Waals surface area contributed by atoms with Crippen molar-refractivity contribution in [2.24, 2.45) is 0 Å². The standard InChI is InChI=1S/C22H25NO6/c1-16(24)14-21-20(8-5-13-27-15-17-6-3-2-4-7-17)28-22(29-21)18-9-11-19(12-10-18)23(25)26/h2-4,6-7,9-12,20-22H,5,8,13-15H2,1H3/t20-,21-,22?/m0/s1. The summed E-state index contributed by atoms with van der Waals surface area (Å²) in [6.45, 7) is 2.68. The molecule has 2 aromatic carbocycles. The van der Waals surface area contributed by atoms with E-state index in [4.69, 9.17) is 14.2 Å². The summed E-state index contributed by atoms with van der Waals surface area (Å²) in [6, 6.07) is 16.1. The molecule has 29 heavy (non-hydrogen) atoms.